The number of carbonyl (C=O) groups is 1. The lowest BCUT2D eigenvalue weighted by Gasteiger charge is -2.28. The first-order valence-electron chi connectivity index (χ1n) is 6.13. The summed E-state index contributed by atoms with van der Waals surface area (Å²) in [6, 6.07) is -0.326. The highest BCUT2D eigenvalue weighted by molar-refractivity contribution is 6.73. The number of rotatable bonds is 7. The van der Waals surface area contributed by atoms with Crippen molar-refractivity contribution in [1.82, 2.24) is 4.98 Å². The molecule has 0 radical (unpaired) electrons. The Morgan fingerprint density at radius 2 is 1.71 bits per heavy atom. The van der Waals surface area contributed by atoms with E-state index in [1.807, 2.05) is 6.92 Å². The summed E-state index contributed by atoms with van der Waals surface area (Å²) >= 11 is 0. The number of ether oxygens (including phenoxy) is 1. The third-order valence-corrected chi connectivity index (χ3v) is 4.11. The molecule has 0 saturated carbocycles. The minimum absolute atomic E-state index is 0.201. The van der Waals surface area contributed by atoms with Gasteiger partial charge in [-0.05, 0) is 26.6 Å². The first-order valence-corrected chi connectivity index (χ1v) is 13.0. The van der Waals surface area contributed by atoms with Crippen LogP contribution in [0.5, 0.6) is 0 Å². The lowest BCUT2D eigenvalue weighted by Crippen LogP contribution is -2.54. The molecule has 17 heavy (non-hydrogen) atoms. The molecule has 0 aliphatic rings. The molecule has 1 unspecified atom stereocenters. The topological polar surface area (TPSA) is 47.6 Å². The Balaban J connectivity index is 4.46. The lowest BCUT2D eigenvalue weighted by atomic mass is 10.3. The molecule has 0 spiro atoms. The highest BCUT2D eigenvalue weighted by Crippen LogP contribution is 2.06. The number of esters is 1. The summed E-state index contributed by atoms with van der Waals surface area (Å²) in [7, 11) is -3.12. The number of hydrogen-bond donors (Lipinski definition) is 1. The highest BCUT2D eigenvalue weighted by atomic mass is 28.4. The molecule has 0 rings (SSSR count). The summed E-state index contributed by atoms with van der Waals surface area (Å²) in [4.78, 5) is 15.2. The molecule has 0 saturated heterocycles. The molecule has 0 aromatic heterocycles. The molecule has 0 fully saturated rings. The Bertz CT molecular complexity index is 246. The Hall–Kier alpha value is -0.176. The number of hydrogen-bond acceptors (Lipinski definition) is 4. The highest BCUT2D eigenvalue weighted by Gasteiger charge is 2.28. The second-order valence-corrected chi connectivity index (χ2v) is 15.4. The van der Waals surface area contributed by atoms with Crippen molar-refractivity contribution < 1.29 is 14.0 Å². The van der Waals surface area contributed by atoms with Crippen LogP contribution in [0.1, 0.15) is 6.92 Å². The van der Waals surface area contributed by atoms with Crippen LogP contribution in [0.4, 0.5) is 0 Å². The first-order chi connectivity index (χ1) is 7.55. The molecule has 102 valence electrons. The Morgan fingerprint density at radius 3 is 2.06 bits per heavy atom. The summed E-state index contributed by atoms with van der Waals surface area (Å²) < 4.78 is 10.9. The van der Waals surface area contributed by atoms with Gasteiger partial charge in [0.25, 0.3) is 0 Å². The van der Waals surface area contributed by atoms with Crippen molar-refractivity contribution in [2.24, 2.45) is 0 Å². The van der Waals surface area contributed by atoms with Crippen LogP contribution in [0.3, 0.4) is 0 Å². The molecule has 6 heteroatoms. The summed E-state index contributed by atoms with van der Waals surface area (Å²) in [6.45, 7) is 15.5. The van der Waals surface area contributed by atoms with Crippen LogP contribution in [-0.2, 0) is 14.0 Å². The van der Waals surface area contributed by atoms with Crippen LogP contribution in [0.15, 0.2) is 0 Å². The zero-order valence-corrected chi connectivity index (χ0v) is 14.2. The van der Waals surface area contributed by atoms with Gasteiger partial charge in [-0.3, -0.25) is 4.79 Å². The fraction of sp³-hybridized carbons (Fsp3) is 0.909. The average molecular weight is 278 g/mol. The van der Waals surface area contributed by atoms with E-state index < -0.39 is 16.6 Å². The standard InChI is InChI=1S/C11H27NO3Si2/c1-8-14-11(13)10(12-16(2,3)4)9-15-17(5,6)7/h10,12H,8-9H2,1-7H3. The van der Waals surface area contributed by atoms with Crippen molar-refractivity contribution in [2.75, 3.05) is 13.2 Å². The predicted molar refractivity (Wildman–Crippen MR) is 76.2 cm³/mol. The van der Waals surface area contributed by atoms with Crippen molar-refractivity contribution >= 4 is 22.5 Å². The second-order valence-electron chi connectivity index (χ2n) is 6.12. The molecule has 0 aliphatic heterocycles. The minimum atomic E-state index is -1.60. The van der Waals surface area contributed by atoms with E-state index in [2.05, 4.69) is 44.3 Å². The van der Waals surface area contributed by atoms with Gasteiger partial charge in [-0.25, -0.2) is 0 Å². The largest absolute Gasteiger partial charge is 0.465 e. The van der Waals surface area contributed by atoms with Crippen LogP contribution >= 0.6 is 0 Å². The normalized spacial score (nSPS) is 14.5. The average Bonchev–Trinajstić information content (AvgIpc) is 2.09. The Kier molecular flexibility index (Phi) is 6.61. The van der Waals surface area contributed by atoms with Gasteiger partial charge >= 0.3 is 5.97 Å². The van der Waals surface area contributed by atoms with E-state index in [1.54, 1.807) is 0 Å². The van der Waals surface area contributed by atoms with Crippen LogP contribution in [0.2, 0.25) is 39.3 Å². The van der Waals surface area contributed by atoms with E-state index >= 15 is 0 Å². The second kappa shape index (κ2) is 6.68. The number of nitrogens with one attached hydrogen (secondary N) is 1. The molecule has 1 N–H and O–H groups in total. The quantitative estimate of drug-likeness (QED) is 0.572. The zero-order chi connectivity index (χ0) is 13.7. The first kappa shape index (κ1) is 16.8. The molecule has 0 amide bonds. The fourth-order valence-electron chi connectivity index (χ4n) is 1.27. The van der Waals surface area contributed by atoms with Gasteiger partial charge in [-0.15, -0.1) is 0 Å². The smallest absolute Gasteiger partial charge is 0.324 e. The van der Waals surface area contributed by atoms with Gasteiger partial charge in [-0.1, -0.05) is 19.6 Å². The molecule has 0 aromatic rings. The van der Waals surface area contributed by atoms with Gasteiger partial charge < -0.3 is 14.1 Å². The summed E-state index contributed by atoms with van der Waals surface area (Å²) in [5.74, 6) is -0.201. The molecule has 0 aromatic carbocycles. The molecule has 0 aliphatic carbocycles. The van der Waals surface area contributed by atoms with Gasteiger partial charge in [0.15, 0.2) is 8.32 Å². The van der Waals surface area contributed by atoms with Crippen LogP contribution in [-0.4, -0.2) is 41.8 Å². The molecule has 1 atom stereocenters. The van der Waals surface area contributed by atoms with E-state index in [0.717, 1.165) is 0 Å². The minimum Gasteiger partial charge on any atom is -0.465 e. The number of carbonyl (C=O) groups excluding carboxylic acids is 1. The maximum absolute atomic E-state index is 11.8. The van der Waals surface area contributed by atoms with Gasteiger partial charge in [0, 0.05) is 0 Å². The van der Waals surface area contributed by atoms with Crippen molar-refractivity contribution in [1.29, 1.82) is 0 Å². The van der Waals surface area contributed by atoms with Gasteiger partial charge in [-0.2, -0.15) is 0 Å². The summed E-state index contributed by atoms with van der Waals surface area (Å²) in [5.41, 5.74) is 0. The SMILES string of the molecule is CCOC(=O)C(CO[Si](C)(C)C)N[Si](C)(C)C. The van der Waals surface area contributed by atoms with Gasteiger partial charge in [0.1, 0.15) is 14.3 Å². The van der Waals surface area contributed by atoms with Crippen molar-refractivity contribution in [3.05, 3.63) is 0 Å². The maximum atomic E-state index is 11.8. The monoisotopic (exact) mass is 277 g/mol. The lowest BCUT2D eigenvalue weighted by molar-refractivity contribution is -0.146. The van der Waals surface area contributed by atoms with E-state index in [9.17, 15) is 4.79 Å². The van der Waals surface area contributed by atoms with Crippen molar-refractivity contribution in [3.63, 3.8) is 0 Å². The summed E-state index contributed by atoms with van der Waals surface area (Å²) in [6.07, 6.45) is 0. The van der Waals surface area contributed by atoms with E-state index in [1.165, 1.54) is 0 Å². The van der Waals surface area contributed by atoms with Crippen molar-refractivity contribution in [3.8, 4) is 0 Å². The van der Waals surface area contributed by atoms with Crippen LogP contribution < -0.4 is 4.98 Å². The van der Waals surface area contributed by atoms with E-state index in [0.29, 0.717) is 13.2 Å². The van der Waals surface area contributed by atoms with Gasteiger partial charge in [0.05, 0.1) is 13.2 Å². The van der Waals surface area contributed by atoms with Crippen molar-refractivity contribution in [2.45, 2.75) is 52.2 Å². The fourth-order valence-corrected chi connectivity index (χ4v) is 3.18. The van der Waals surface area contributed by atoms with E-state index in [-0.39, 0.29) is 12.0 Å². The Morgan fingerprint density at radius 1 is 1.18 bits per heavy atom. The Labute approximate surface area is 107 Å². The predicted octanol–water partition coefficient (Wildman–Crippen LogP) is 2.19. The third-order valence-electron chi connectivity index (χ3n) is 1.86. The zero-order valence-electron chi connectivity index (χ0n) is 12.2. The molecule has 0 bridgehead atoms. The summed E-state index contributed by atoms with van der Waals surface area (Å²) in [5, 5.41) is 0. The molecule has 0 heterocycles. The van der Waals surface area contributed by atoms with Crippen LogP contribution in [0.25, 0.3) is 0 Å². The molecular formula is C11H27NO3Si2. The third kappa shape index (κ3) is 9.52. The maximum Gasteiger partial charge on any atom is 0.324 e. The van der Waals surface area contributed by atoms with E-state index in [4.69, 9.17) is 9.16 Å². The molecular weight excluding hydrogens is 250 g/mol. The van der Waals surface area contributed by atoms with Crippen LogP contribution in [0, 0.1) is 0 Å². The molecule has 4 nitrogen and oxygen atoms in total. The van der Waals surface area contributed by atoms with Gasteiger partial charge in [0.2, 0.25) is 0 Å².